The van der Waals surface area contributed by atoms with Crippen LogP contribution in [0.2, 0.25) is 10.0 Å². The molecule has 0 amide bonds. The van der Waals surface area contributed by atoms with E-state index >= 15 is 0 Å². The SMILES string of the molecule is CCOCCCC(=O)CC1N=C(c2ccc(Cl)cc2)c2c(sc(C)c2C)-n2c(C)nnc21.CCOCCCC(=O)CC1N=C(c2ccc(Cl)cc2)c2c(sc(C)c2C)-n2c(C)nnc21. The summed E-state index contributed by atoms with van der Waals surface area (Å²) in [5.74, 6) is 3.32. The van der Waals surface area contributed by atoms with Gasteiger partial charge in [-0.2, -0.15) is 0 Å². The Hall–Kier alpha value is -4.70. The van der Waals surface area contributed by atoms with E-state index in [2.05, 4.69) is 57.2 Å². The quantitative estimate of drug-likeness (QED) is 0.0874. The normalized spacial score (nSPS) is 15.2. The average Bonchev–Trinajstić information content (AvgIpc) is 3.97. The fourth-order valence-corrected chi connectivity index (χ4v) is 10.6. The van der Waals surface area contributed by atoms with Crippen molar-refractivity contribution in [1.29, 1.82) is 0 Å². The van der Waals surface area contributed by atoms with Gasteiger partial charge in [0.2, 0.25) is 0 Å². The molecule has 2 aliphatic rings. The number of aliphatic imine (C=N–C) groups is 2. The van der Waals surface area contributed by atoms with Crippen LogP contribution in [0.15, 0.2) is 58.5 Å². The molecular weight excluding hydrogens is 888 g/mol. The number of carbonyl (C=O) groups is 2. The summed E-state index contributed by atoms with van der Waals surface area (Å²) in [5, 5.41) is 21.0. The zero-order valence-electron chi connectivity index (χ0n) is 37.6. The molecule has 2 unspecified atom stereocenters. The third-order valence-corrected chi connectivity index (χ3v) is 14.3. The Bertz CT molecular complexity index is 2510. The Balaban J connectivity index is 0.000000191. The second-order valence-corrected chi connectivity index (χ2v) is 19.2. The second-order valence-electron chi connectivity index (χ2n) is 15.9. The first kappa shape index (κ1) is 47.3. The van der Waals surface area contributed by atoms with E-state index in [-0.39, 0.29) is 24.4 Å². The lowest BCUT2D eigenvalue weighted by molar-refractivity contribution is -0.120. The van der Waals surface area contributed by atoms with Gasteiger partial charge in [-0.25, -0.2) is 0 Å². The van der Waals surface area contributed by atoms with E-state index in [0.29, 0.717) is 73.8 Å². The van der Waals surface area contributed by atoms with Crippen molar-refractivity contribution >= 4 is 68.9 Å². The topological polar surface area (TPSA) is 139 Å². The summed E-state index contributed by atoms with van der Waals surface area (Å²) in [6.07, 6.45) is 2.93. The molecule has 6 aromatic rings. The minimum Gasteiger partial charge on any atom is -0.382 e. The second kappa shape index (κ2) is 21.1. The molecule has 2 atom stereocenters. The van der Waals surface area contributed by atoms with Gasteiger partial charge in [0, 0.05) is 94.2 Å². The van der Waals surface area contributed by atoms with Crippen LogP contribution < -0.4 is 0 Å². The predicted molar refractivity (Wildman–Crippen MR) is 257 cm³/mol. The van der Waals surface area contributed by atoms with Crippen molar-refractivity contribution in [1.82, 2.24) is 29.5 Å². The number of carbonyl (C=O) groups excluding carboxylic acids is 2. The van der Waals surface area contributed by atoms with Gasteiger partial charge in [-0.1, -0.05) is 47.5 Å². The number of ether oxygens (including phenoxy) is 2. The highest BCUT2D eigenvalue weighted by Crippen LogP contribution is 2.41. The lowest BCUT2D eigenvalue weighted by Gasteiger charge is -2.12. The standard InChI is InChI=1S/2C24H27ClN4O2S/c2*1-5-31-12-6-7-19(30)13-20-23-28-27-16(4)29(23)24-21(14(2)15(3)32-24)22(26-20)17-8-10-18(25)11-9-17/h2*8-11,20H,5-7,12-13H2,1-4H3. The number of aromatic nitrogens is 6. The Labute approximate surface area is 392 Å². The van der Waals surface area contributed by atoms with Gasteiger partial charge in [0.25, 0.3) is 0 Å². The van der Waals surface area contributed by atoms with E-state index < -0.39 is 12.1 Å². The number of hydrogen-bond acceptors (Lipinski definition) is 12. The van der Waals surface area contributed by atoms with Gasteiger partial charge in [0.15, 0.2) is 11.6 Å². The van der Waals surface area contributed by atoms with Crippen molar-refractivity contribution in [2.45, 2.75) is 106 Å². The molecule has 0 saturated heterocycles. The van der Waals surface area contributed by atoms with Gasteiger partial charge in [-0.05, 0) is 104 Å². The van der Waals surface area contributed by atoms with Crippen LogP contribution in [-0.4, -0.2) is 78.9 Å². The molecule has 0 bridgehead atoms. The number of benzene rings is 2. The number of ketones is 2. The molecule has 64 heavy (non-hydrogen) atoms. The summed E-state index contributed by atoms with van der Waals surface area (Å²) in [6.45, 7) is 18.8. The molecule has 336 valence electrons. The molecule has 2 aromatic carbocycles. The fourth-order valence-electron chi connectivity index (χ4n) is 7.93. The average molecular weight is 942 g/mol. The summed E-state index contributed by atoms with van der Waals surface area (Å²) >= 11 is 15.7. The van der Waals surface area contributed by atoms with Crippen LogP contribution in [0.4, 0.5) is 0 Å². The minimum absolute atomic E-state index is 0.152. The molecule has 0 N–H and O–H groups in total. The first-order valence-electron chi connectivity index (χ1n) is 21.7. The monoisotopic (exact) mass is 940 g/mol. The number of thiophene rings is 2. The molecule has 16 heteroatoms. The molecule has 12 nitrogen and oxygen atoms in total. The number of Topliss-reactive ketones (excluding diaryl/α,β-unsaturated/α-hetero) is 2. The summed E-state index contributed by atoms with van der Waals surface area (Å²) < 4.78 is 14.9. The summed E-state index contributed by atoms with van der Waals surface area (Å²) in [6, 6.07) is 14.6. The molecule has 4 aromatic heterocycles. The molecule has 0 radical (unpaired) electrons. The minimum atomic E-state index is -0.402. The van der Waals surface area contributed by atoms with Crippen molar-refractivity contribution in [3.05, 3.63) is 125 Å². The molecule has 8 rings (SSSR count). The first-order chi connectivity index (χ1) is 30.8. The Morgan fingerprint density at radius 3 is 1.33 bits per heavy atom. The maximum Gasteiger partial charge on any atom is 0.163 e. The lowest BCUT2D eigenvalue weighted by Crippen LogP contribution is -2.12. The number of aryl methyl sites for hydroxylation is 4. The molecule has 0 aliphatic carbocycles. The molecule has 0 spiro atoms. The highest BCUT2D eigenvalue weighted by molar-refractivity contribution is 7.15. The fraction of sp³-hybridized carbons (Fsp3) is 0.417. The predicted octanol–water partition coefficient (Wildman–Crippen LogP) is 11.2. The van der Waals surface area contributed by atoms with E-state index in [0.717, 1.165) is 55.3 Å². The number of nitrogens with zero attached hydrogens (tertiary/aromatic N) is 8. The summed E-state index contributed by atoms with van der Waals surface area (Å²) in [4.78, 5) is 38.4. The first-order valence-corrected chi connectivity index (χ1v) is 24.1. The number of halogens is 2. The highest BCUT2D eigenvalue weighted by atomic mass is 35.5. The third kappa shape index (κ3) is 10.2. The number of hydrogen-bond donors (Lipinski definition) is 0. The molecule has 2 aliphatic heterocycles. The molecule has 0 fully saturated rings. The summed E-state index contributed by atoms with van der Waals surface area (Å²) in [5.41, 5.74) is 8.20. The van der Waals surface area contributed by atoms with Crippen molar-refractivity contribution in [2.75, 3.05) is 26.4 Å². The lowest BCUT2D eigenvalue weighted by atomic mass is 9.99. The van der Waals surface area contributed by atoms with E-state index in [4.69, 9.17) is 42.7 Å². The van der Waals surface area contributed by atoms with Crippen LogP contribution in [0.3, 0.4) is 0 Å². The van der Waals surface area contributed by atoms with Gasteiger partial charge in [-0.15, -0.1) is 43.1 Å². The largest absolute Gasteiger partial charge is 0.382 e. The van der Waals surface area contributed by atoms with Crippen LogP contribution in [0, 0.1) is 41.5 Å². The maximum atomic E-state index is 12.8. The van der Waals surface area contributed by atoms with E-state index in [9.17, 15) is 9.59 Å². The van der Waals surface area contributed by atoms with Crippen molar-refractivity contribution < 1.29 is 19.1 Å². The Kier molecular flexibility index (Phi) is 15.6. The van der Waals surface area contributed by atoms with Gasteiger partial charge < -0.3 is 9.47 Å². The Morgan fingerprint density at radius 1 is 0.594 bits per heavy atom. The molecule has 0 saturated carbocycles. The third-order valence-electron chi connectivity index (χ3n) is 11.5. The van der Waals surface area contributed by atoms with Gasteiger partial charge >= 0.3 is 0 Å². The smallest absolute Gasteiger partial charge is 0.163 e. The van der Waals surface area contributed by atoms with Crippen molar-refractivity contribution in [3.63, 3.8) is 0 Å². The van der Waals surface area contributed by atoms with Crippen LogP contribution in [0.5, 0.6) is 0 Å². The molecule has 6 heterocycles. The number of rotatable bonds is 16. The van der Waals surface area contributed by atoms with Crippen LogP contribution >= 0.6 is 45.9 Å². The molecular formula is C48H54Cl2N8O4S2. The van der Waals surface area contributed by atoms with E-state index in [1.807, 2.05) is 76.2 Å². The zero-order chi connectivity index (χ0) is 45.7. The van der Waals surface area contributed by atoms with E-state index in [1.165, 1.54) is 20.9 Å². The zero-order valence-corrected chi connectivity index (χ0v) is 40.8. The van der Waals surface area contributed by atoms with Crippen LogP contribution in [0.25, 0.3) is 10.0 Å². The van der Waals surface area contributed by atoms with Crippen molar-refractivity contribution in [2.24, 2.45) is 9.98 Å². The summed E-state index contributed by atoms with van der Waals surface area (Å²) in [7, 11) is 0. The maximum absolute atomic E-state index is 12.8. The van der Waals surface area contributed by atoms with Crippen molar-refractivity contribution in [3.8, 4) is 10.0 Å². The Morgan fingerprint density at radius 2 is 0.969 bits per heavy atom. The van der Waals surface area contributed by atoms with Gasteiger partial charge in [0.1, 0.15) is 45.3 Å². The van der Waals surface area contributed by atoms with Gasteiger partial charge in [0.05, 0.1) is 11.4 Å². The number of fused-ring (bicyclic) bond motifs is 6. The highest BCUT2D eigenvalue weighted by Gasteiger charge is 2.34. The van der Waals surface area contributed by atoms with Crippen LogP contribution in [0.1, 0.15) is 131 Å². The van der Waals surface area contributed by atoms with E-state index in [1.54, 1.807) is 22.7 Å². The van der Waals surface area contributed by atoms with Gasteiger partial charge in [-0.3, -0.25) is 28.7 Å². The van der Waals surface area contributed by atoms with Crippen LogP contribution in [-0.2, 0) is 19.1 Å².